The van der Waals surface area contributed by atoms with Crippen molar-refractivity contribution < 1.29 is 13.5 Å². The van der Waals surface area contributed by atoms with E-state index in [9.17, 15) is 13.5 Å². The van der Waals surface area contributed by atoms with Gasteiger partial charge >= 0.3 is 0 Å². The monoisotopic (exact) mass is 339 g/mol. The molecule has 1 aromatic rings. The van der Waals surface area contributed by atoms with Crippen molar-refractivity contribution in [2.24, 2.45) is 11.8 Å². The van der Waals surface area contributed by atoms with Crippen LogP contribution in [0.4, 0.5) is 0 Å². The Morgan fingerprint density at radius 3 is 2.52 bits per heavy atom. The van der Waals surface area contributed by atoms with E-state index in [1.54, 1.807) is 0 Å². The Morgan fingerprint density at radius 2 is 1.96 bits per heavy atom. The SMILES string of the molecule is CC(C)[C@@H](CO)N(Cc1ccccc1)C[C@H]1CCCS(=O)(=O)C1. The van der Waals surface area contributed by atoms with Gasteiger partial charge in [0.25, 0.3) is 0 Å². The second-order valence-electron chi connectivity index (χ2n) is 7.03. The van der Waals surface area contributed by atoms with E-state index in [1.807, 2.05) is 18.2 Å². The molecule has 1 saturated heterocycles. The van der Waals surface area contributed by atoms with E-state index < -0.39 is 9.84 Å². The summed E-state index contributed by atoms with van der Waals surface area (Å²) in [6, 6.07) is 10.2. The van der Waals surface area contributed by atoms with Gasteiger partial charge in [0, 0.05) is 19.1 Å². The maximum Gasteiger partial charge on any atom is 0.150 e. The van der Waals surface area contributed by atoms with Crippen LogP contribution in [0.2, 0.25) is 0 Å². The molecule has 0 amide bonds. The van der Waals surface area contributed by atoms with E-state index in [0.717, 1.165) is 25.9 Å². The quantitative estimate of drug-likeness (QED) is 0.828. The van der Waals surface area contributed by atoms with Gasteiger partial charge < -0.3 is 5.11 Å². The van der Waals surface area contributed by atoms with Gasteiger partial charge in [-0.25, -0.2) is 8.42 Å². The smallest absolute Gasteiger partial charge is 0.150 e. The Balaban J connectivity index is 2.12. The van der Waals surface area contributed by atoms with Gasteiger partial charge in [-0.3, -0.25) is 4.90 Å². The predicted octanol–water partition coefficient (Wildman–Crippen LogP) is 2.33. The first-order valence-electron chi connectivity index (χ1n) is 8.50. The molecule has 2 atom stereocenters. The number of aliphatic hydroxyl groups excluding tert-OH is 1. The van der Waals surface area contributed by atoms with Crippen LogP contribution < -0.4 is 0 Å². The van der Waals surface area contributed by atoms with E-state index in [1.165, 1.54) is 5.56 Å². The summed E-state index contributed by atoms with van der Waals surface area (Å²) in [5, 5.41) is 9.82. The molecule has 0 unspecified atom stereocenters. The second-order valence-corrected chi connectivity index (χ2v) is 9.26. The normalized spacial score (nSPS) is 22.4. The first-order valence-corrected chi connectivity index (χ1v) is 10.3. The van der Waals surface area contributed by atoms with Gasteiger partial charge in [-0.05, 0) is 30.2 Å². The molecule has 0 bridgehead atoms. The lowest BCUT2D eigenvalue weighted by Gasteiger charge is -2.36. The standard InChI is InChI=1S/C18H29NO3S/c1-15(2)18(13-20)19(11-16-7-4-3-5-8-16)12-17-9-6-10-23(21,22)14-17/h3-5,7-8,15,17-18,20H,6,9-14H2,1-2H3/t17-,18-/m1/s1. The van der Waals surface area contributed by atoms with E-state index in [0.29, 0.717) is 11.7 Å². The van der Waals surface area contributed by atoms with Gasteiger partial charge in [0.2, 0.25) is 0 Å². The molecular formula is C18H29NO3S. The van der Waals surface area contributed by atoms with Crippen molar-refractivity contribution in [3.8, 4) is 0 Å². The predicted molar refractivity (Wildman–Crippen MR) is 93.9 cm³/mol. The van der Waals surface area contributed by atoms with Crippen molar-refractivity contribution in [3.05, 3.63) is 35.9 Å². The molecule has 1 aliphatic rings. The number of aliphatic hydroxyl groups is 1. The zero-order chi connectivity index (χ0) is 16.9. The van der Waals surface area contributed by atoms with Gasteiger partial charge in [0.15, 0.2) is 9.84 Å². The van der Waals surface area contributed by atoms with Crippen molar-refractivity contribution in [1.29, 1.82) is 0 Å². The molecule has 0 aliphatic carbocycles. The van der Waals surface area contributed by atoms with Crippen molar-refractivity contribution in [1.82, 2.24) is 4.90 Å². The van der Waals surface area contributed by atoms with Crippen molar-refractivity contribution in [2.75, 3.05) is 24.7 Å². The largest absolute Gasteiger partial charge is 0.395 e. The minimum atomic E-state index is -2.89. The summed E-state index contributed by atoms with van der Waals surface area (Å²) in [4.78, 5) is 2.27. The highest BCUT2D eigenvalue weighted by atomic mass is 32.2. The highest BCUT2D eigenvalue weighted by Gasteiger charge is 2.29. The Kier molecular flexibility index (Phi) is 6.62. The van der Waals surface area contributed by atoms with Crippen LogP contribution in [0.1, 0.15) is 32.3 Å². The summed E-state index contributed by atoms with van der Waals surface area (Å²) in [6.45, 7) is 5.80. The summed E-state index contributed by atoms with van der Waals surface area (Å²) >= 11 is 0. The summed E-state index contributed by atoms with van der Waals surface area (Å²) < 4.78 is 23.8. The van der Waals surface area contributed by atoms with E-state index in [-0.39, 0.29) is 24.3 Å². The lowest BCUT2D eigenvalue weighted by atomic mass is 9.98. The Morgan fingerprint density at radius 1 is 1.26 bits per heavy atom. The molecule has 1 heterocycles. The topological polar surface area (TPSA) is 57.6 Å². The molecule has 4 nitrogen and oxygen atoms in total. The van der Waals surface area contributed by atoms with Crippen LogP contribution in [0.15, 0.2) is 30.3 Å². The van der Waals surface area contributed by atoms with E-state index in [2.05, 4.69) is 30.9 Å². The molecule has 130 valence electrons. The van der Waals surface area contributed by atoms with Crippen LogP contribution in [0, 0.1) is 11.8 Å². The summed E-state index contributed by atoms with van der Waals surface area (Å²) in [5.74, 6) is 1.11. The van der Waals surface area contributed by atoms with Crippen LogP contribution in [-0.2, 0) is 16.4 Å². The number of hydrogen-bond donors (Lipinski definition) is 1. The van der Waals surface area contributed by atoms with Crippen molar-refractivity contribution in [2.45, 2.75) is 39.3 Å². The highest BCUT2D eigenvalue weighted by Crippen LogP contribution is 2.23. The van der Waals surface area contributed by atoms with Crippen LogP contribution >= 0.6 is 0 Å². The molecule has 0 spiro atoms. The van der Waals surface area contributed by atoms with E-state index in [4.69, 9.17) is 0 Å². The first kappa shape index (κ1) is 18.4. The van der Waals surface area contributed by atoms with E-state index >= 15 is 0 Å². The fourth-order valence-corrected chi connectivity index (χ4v) is 5.24. The Bertz CT molecular complexity index is 571. The third kappa shape index (κ3) is 5.59. The van der Waals surface area contributed by atoms with Gasteiger partial charge in [0.05, 0.1) is 18.1 Å². The number of benzene rings is 1. The Labute approximate surface area is 140 Å². The molecule has 1 aromatic carbocycles. The average Bonchev–Trinajstić information content (AvgIpc) is 2.47. The molecule has 0 saturated carbocycles. The number of rotatable bonds is 7. The maximum absolute atomic E-state index is 11.9. The van der Waals surface area contributed by atoms with Crippen molar-refractivity contribution in [3.63, 3.8) is 0 Å². The molecule has 1 aliphatic heterocycles. The molecule has 0 aromatic heterocycles. The van der Waals surface area contributed by atoms with Crippen LogP contribution in [0.25, 0.3) is 0 Å². The molecule has 1 fully saturated rings. The number of nitrogens with zero attached hydrogens (tertiary/aromatic N) is 1. The molecule has 0 radical (unpaired) electrons. The van der Waals surface area contributed by atoms with Gasteiger partial charge in [0.1, 0.15) is 0 Å². The third-order valence-corrected chi connectivity index (χ3v) is 6.59. The molecule has 2 rings (SSSR count). The number of hydrogen-bond acceptors (Lipinski definition) is 4. The van der Waals surface area contributed by atoms with Crippen LogP contribution in [0.3, 0.4) is 0 Å². The Hall–Kier alpha value is -0.910. The van der Waals surface area contributed by atoms with Gasteiger partial charge in [-0.15, -0.1) is 0 Å². The highest BCUT2D eigenvalue weighted by molar-refractivity contribution is 7.91. The lowest BCUT2D eigenvalue weighted by Crippen LogP contribution is -2.45. The first-order chi connectivity index (χ1) is 10.9. The fraction of sp³-hybridized carbons (Fsp3) is 0.667. The summed E-state index contributed by atoms with van der Waals surface area (Å²) in [7, 11) is -2.89. The molecule has 5 heteroatoms. The molecular weight excluding hydrogens is 310 g/mol. The third-order valence-electron chi connectivity index (χ3n) is 4.70. The lowest BCUT2D eigenvalue weighted by molar-refractivity contribution is 0.0716. The minimum Gasteiger partial charge on any atom is -0.395 e. The summed E-state index contributed by atoms with van der Waals surface area (Å²) in [6.07, 6.45) is 1.72. The van der Waals surface area contributed by atoms with Crippen molar-refractivity contribution >= 4 is 9.84 Å². The minimum absolute atomic E-state index is 0.0554. The number of sulfone groups is 1. The molecule has 23 heavy (non-hydrogen) atoms. The van der Waals surface area contributed by atoms with Crippen LogP contribution in [0.5, 0.6) is 0 Å². The zero-order valence-corrected chi connectivity index (χ0v) is 15.0. The average molecular weight is 340 g/mol. The van der Waals surface area contributed by atoms with Gasteiger partial charge in [-0.1, -0.05) is 44.2 Å². The summed E-state index contributed by atoms with van der Waals surface area (Å²) in [5.41, 5.74) is 1.20. The van der Waals surface area contributed by atoms with Gasteiger partial charge in [-0.2, -0.15) is 0 Å². The zero-order valence-electron chi connectivity index (χ0n) is 14.2. The molecule has 1 N–H and O–H groups in total. The maximum atomic E-state index is 11.9. The fourth-order valence-electron chi connectivity index (χ4n) is 3.48. The van der Waals surface area contributed by atoms with Crippen LogP contribution in [-0.4, -0.2) is 49.1 Å². The second kappa shape index (κ2) is 8.27.